The van der Waals surface area contributed by atoms with Crippen LogP contribution in [0.5, 0.6) is 0 Å². The van der Waals surface area contributed by atoms with Crippen LogP contribution in [0.2, 0.25) is 5.02 Å². The molecule has 0 spiro atoms. The van der Waals surface area contributed by atoms with Crippen LogP contribution in [0.15, 0.2) is 24.3 Å². The van der Waals surface area contributed by atoms with Crippen LogP contribution in [0.3, 0.4) is 0 Å². The van der Waals surface area contributed by atoms with E-state index in [0.717, 1.165) is 43.8 Å². The lowest BCUT2D eigenvalue weighted by atomic mass is 9.71. The van der Waals surface area contributed by atoms with Crippen LogP contribution < -0.4 is 5.32 Å². The van der Waals surface area contributed by atoms with Crippen LogP contribution in [0.25, 0.3) is 0 Å². The van der Waals surface area contributed by atoms with E-state index in [1.165, 1.54) is 5.56 Å². The van der Waals surface area contributed by atoms with Gasteiger partial charge in [-0.1, -0.05) is 30.7 Å². The van der Waals surface area contributed by atoms with Crippen LogP contribution in [-0.4, -0.2) is 43.2 Å². The Labute approximate surface area is 143 Å². The Bertz CT molecular complexity index is 536. The zero-order chi connectivity index (χ0) is 16.3. The maximum Gasteiger partial charge on any atom is 0.238 e. The SMILES string of the molecule is CCC(C(=O)NC1(c2ccc(Cl)cc2)CCC1)N1CCOCC1. The minimum absolute atomic E-state index is 0.0660. The molecule has 1 heterocycles. The van der Waals surface area contributed by atoms with Crippen LogP contribution in [0, 0.1) is 0 Å². The van der Waals surface area contributed by atoms with Crippen LogP contribution in [-0.2, 0) is 15.1 Å². The number of hydrogen-bond donors (Lipinski definition) is 1. The van der Waals surface area contributed by atoms with Gasteiger partial charge in [-0.05, 0) is 43.4 Å². The number of ether oxygens (including phenoxy) is 1. The van der Waals surface area contributed by atoms with Gasteiger partial charge in [-0.15, -0.1) is 0 Å². The average Bonchev–Trinajstić information content (AvgIpc) is 2.54. The number of carbonyl (C=O) groups excluding carboxylic acids is 1. The first-order chi connectivity index (χ1) is 11.1. The summed E-state index contributed by atoms with van der Waals surface area (Å²) in [6, 6.07) is 7.82. The second-order valence-corrected chi connectivity index (χ2v) is 6.94. The highest BCUT2D eigenvalue weighted by Crippen LogP contribution is 2.41. The van der Waals surface area contributed by atoms with Gasteiger partial charge in [0, 0.05) is 18.1 Å². The van der Waals surface area contributed by atoms with Crippen LogP contribution >= 0.6 is 11.6 Å². The van der Waals surface area contributed by atoms with Crippen molar-refractivity contribution in [1.29, 1.82) is 0 Å². The summed E-state index contributed by atoms with van der Waals surface area (Å²) in [5, 5.41) is 4.08. The number of benzene rings is 1. The summed E-state index contributed by atoms with van der Waals surface area (Å²) in [6.45, 7) is 5.17. The summed E-state index contributed by atoms with van der Waals surface area (Å²) in [4.78, 5) is 15.1. The van der Waals surface area contributed by atoms with Gasteiger partial charge in [-0.3, -0.25) is 9.69 Å². The zero-order valence-corrected chi connectivity index (χ0v) is 14.4. The highest BCUT2D eigenvalue weighted by Gasteiger charge is 2.41. The lowest BCUT2D eigenvalue weighted by molar-refractivity contribution is -0.131. The molecule has 1 unspecified atom stereocenters. The topological polar surface area (TPSA) is 41.6 Å². The monoisotopic (exact) mass is 336 g/mol. The molecule has 1 aliphatic heterocycles. The molecule has 1 atom stereocenters. The third-order valence-corrected chi connectivity index (χ3v) is 5.39. The molecule has 1 aromatic rings. The molecule has 2 aliphatic rings. The zero-order valence-electron chi connectivity index (χ0n) is 13.7. The third-order valence-electron chi connectivity index (χ3n) is 5.14. The Morgan fingerprint density at radius 1 is 1.30 bits per heavy atom. The summed E-state index contributed by atoms with van der Waals surface area (Å²) >= 11 is 6.00. The fraction of sp³-hybridized carbons (Fsp3) is 0.611. The molecule has 2 fully saturated rings. The van der Waals surface area contributed by atoms with Gasteiger partial charge in [-0.25, -0.2) is 0 Å². The average molecular weight is 337 g/mol. The Balaban J connectivity index is 1.72. The molecule has 1 saturated heterocycles. The van der Waals surface area contributed by atoms with Crippen LogP contribution in [0.4, 0.5) is 0 Å². The van der Waals surface area contributed by atoms with Gasteiger partial charge in [0.15, 0.2) is 0 Å². The molecule has 1 aromatic carbocycles. The van der Waals surface area contributed by atoms with Gasteiger partial charge in [-0.2, -0.15) is 0 Å². The van der Waals surface area contributed by atoms with E-state index in [1.54, 1.807) is 0 Å². The van der Waals surface area contributed by atoms with Gasteiger partial charge in [0.1, 0.15) is 0 Å². The Morgan fingerprint density at radius 2 is 1.96 bits per heavy atom. The van der Waals surface area contributed by atoms with Gasteiger partial charge in [0.2, 0.25) is 5.91 Å². The predicted octanol–water partition coefficient (Wildman–Crippen LogP) is 2.95. The second kappa shape index (κ2) is 7.20. The van der Waals surface area contributed by atoms with Gasteiger partial charge in [0.25, 0.3) is 0 Å². The summed E-state index contributed by atoms with van der Waals surface area (Å²) in [7, 11) is 0. The molecular formula is C18H25ClN2O2. The molecule has 5 heteroatoms. The van der Waals surface area contributed by atoms with E-state index < -0.39 is 0 Å². The van der Waals surface area contributed by atoms with Gasteiger partial charge >= 0.3 is 0 Å². The number of morpholine rings is 1. The molecule has 0 radical (unpaired) electrons. The Kier molecular flexibility index (Phi) is 5.24. The molecule has 1 amide bonds. The van der Waals surface area contributed by atoms with Crippen molar-refractivity contribution in [3.05, 3.63) is 34.9 Å². The fourth-order valence-corrected chi connectivity index (χ4v) is 3.73. The van der Waals surface area contributed by atoms with Crippen molar-refractivity contribution in [3.8, 4) is 0 Å². The standard InChI is InChI=1S/C18H25ClN2O2/c1-2-16(21-10-12-23-13-11-21)17(22)20-18(8-3-9-18)14-4-6-15(19)7-5-14/h4-7,16H,2-3,8-13H2,1H3,(H,20,22). The van der Waals surface area contributed by atoms with Crippen molar-refractivity contribution in [2.24, 2.45) is 0 Å². The first kappa shape index (κ1) is 16.7. The molecular weight excluding hydrogens is 312 g/mol. The molecule has 1 aliphatic carbocycles. The van der Waals surface area contributed by atoms with Gasteiger partial charge in [0.05, 0.1) is 24.8 Å². The van der Waals surface area contributed by atoms with Crippen LogP contribution in [0.1, 0.15) is 38.2 Å². The number of halogens is 1. The summed E-state index contributed by atoms with van der Waals surface area (Å²) in [5.41, 5.74) is 0.958. The molecule has 3 rings (SSSR count). The number of carbonyl (C=O) groups is 1. The van der Waals surface area contributed by atoms with Crippen molar-refractivity contribution in [2.45, 2.75) is 44.2 Å². The quantitative estimate of drug-likeness (QED) is 0.898. The number of nitrogens with zero attached hydrogens (tertiary/aromatic N) is 1. The van der Waals surface area contributed by atoms with E-state index >= 15 is 0 Å². The minimum atomic E-state index is -0.207. The largest absolute Gasteiger partial charge is 0.379 e. The Morgan fingerprint density at radius 3 is 2.48 bits per heavy atom. The van der Waals surface area contributed by atoms with E-state index in [9.17, 15) is 4.79 Å². The summed E-state index contributed by atoms with van der Waals surface area (Å²) < 4.78 is 5.40. The van der Waals surface area contributed by atoms with Gasteiger partial charge < -0.3 is 10.1 Å². The minimum Gasteiger partial charge on any atom is -0.379 e. The molecule has 23 heavy (non-hydrogen) atoms. The van der Waals surface area contributed by atoms with E-state index in [0.29, 0.717) is 13.2 Å². The molecule has 126 valence electrons. The van der Waals surface area contributed by atoms with E-state index in [1.807, 2.05) is 24.3 Å². The molecule has 1 saturated carbocycles. The first-order valence-electron chi connectivity index (χ1n) is 8.54. The molecule has 4 nitrogen and oxygen atoms in total. The lowest BCUT2D eigenvalue weighted by Gasteiger charge is -2.45. The molecule has 0 aromatic heterocycles. The van der Waals surface area contributed by atoms with E-state index in [4.69, 9.17) is 16.3 Å². The van der Waals surface area contributed by atoms with Crippen molar-refractivity contribution >= 4 is 17.5 Å². The van der Waals surface area contributed by atoms with Crippen molar-refractivity contribution < 1.29 is 9.53 Å². The summed E-state index contributed by atoms with van der Waals surface area (Å²) in [5.74, 6) is 0.143. The summed E-state index contributed by atoms with van der Waals surface area (Å²) in [6.07, 6.45) is 3.97. The smallest absolute Gasteiger partial charge is 0.238 e. The first-order valence-corrected chi connectivity index (χ1v) is 8.92. The van der Waals surface area contributed by atoms with Crippen molar-refractivity contribution in [2.75, 3.05) is 26.3 Å². The maximum atomic E-state index is 12.9. The van der Waals surface area contributed by atoms with E-state index in [-0.39, 0.29) is 17.5 Å². The highest BCUT2D eigenvalue weighted by atomic mass is 35.5. The number of amides is 1. The van der Waals surface area contributed by atoms with Crippen molar-refractivity contribution in [1.82, 2.24) is 10.2 Å². The molecule has 0 bridgehead atoms. The Hall–Kier alpha value is -1.10. The normalized spacial score (nSPS) is 22.2. The number of hydrogen-bond acceptors (Lipinski definition) is 3. The predicted molar refractivity (Wildman–Crippen MR) is 91.6 cm³/mol. The fourth-order valence-electron chi connectivity index (χ4n) is 3.60. The maximum absolute atomic E-state index is 12.9. The second-order valence-electron chi connectivity index (χ2n) is 6.50. The van der Waals surface area contributed by atoms with E-state index in [2.05, 4.69) is 17.1 Å². The lowest BCUT2D eigenvalue weighted by Crippen LogP contribution is -2.58. The molecule has 1 N–H and O–H groups in total. The van der Waals surface area contributed by atoms with Crippen molar-refractivity contribution in [3.63, 3.8) is 0 Å². The highest BCUT2D eigenvalue weighted by molar-refractivity contribution is 6.30. The number of nitrogens with one attached hydrogen (secondary N) is 1. The number of rotatable bonds is 5. The third kappa shape index (κ3) is 3.54.